The van der Waals surface area contributed by atoms with Crippen molar-refractivity contribution in [2.45, 2.75) is 20.4 Å². The second kappa shape index (κ2) is 6.33. The number of thiophene rings is 1. The average molecular weight is 331 g/mol. The van der Waals surface area contributed by atoms with Crippen molar-refractivity contribution in [3.63, 3.8) is 0 Å². The molecule has 3 heterocycles. The number of nitrogens with zero attached hydrogens (tertiary/aromatic N) is 4. The molecule has 0 aromatic carbocycles. The summed E-state index contributed by atoms with van der Waals surface area (Å²) in [6.07, 6.45) is 5.43. The number of esters is 1. The van der Waals surface area contributed by atoms with Gasteiger partial charge in [0, 0.05) is 25.5 Å². The number of aryl methyl sites for hydroxylation is 2. The van der Waals surface area contributed by atoms with Gasteiger partial charge in [-0.05, 0) is 19.4 Å². The molecule has 1 N–H and O–H groups in total. The lowest BCUT2D eigenvalue weighted by Crippen LogP contribution is -2.11. The normalized spacial score (nSPS) is 10.9. The van der Waals surface area contributed by atoms with Crippen LogP contribution in [-0.4, -0.2) is 39.1 Å². The zero-order valence-electron chi connectivity index (χ0n) is 13.2. The number of ether oxygens (including phenoxy) is 1. The zero-order valence-corrected chi connectivity index (χ0v) is 14.0. The first-order valence-corrected chi connectivity index (χ1v) is 7.97. The molecule has 3 rings (SSSR count). The minimum Gasteiger partial charge on any atom is -0.465 e. The highest BCUT2D eigenvalue weighted by molar-refractivity contribution is 7.20. The van der Waals surface area contributed by atoms with E-state index < -0.39 is 0 Å². The van der Waals surface area contributed by atoms with Gasteiger partial charge < -0.3 is 14.6 Å². The Hall–Kier alpha value is -2.48. The van der Waals surface area contributed by atoms with E-state index in [4.69, 9.17) is 4.74 Å². The number of fused-ring (bicyclic) bond motifs is 1. The Labute approximate surface area is 137 Å². The van der Waals surface area contributed by atoms with Crippen LogP contribution in [0.4, 0.5) is 5.82 Å². The highest BCUT2D eigenvalue weighted by Crippen LogP contribution is 2.34. The maximum atomic E-state index is 11.9. The molecule has 3 aromatic rings. The molecule has 0 saturated heterocycles. The number of nitrogens with one attached hydrogen (secondary N) is 1. The molecule has 0 aliphatic heterocycles. The summed E-state index contributed by atoms with van der Waals surface area (Å²) < 4.78 is 6.82. The van der Waals surface area contributed by atoms with Crippen molar-refractivity contribution in [3.05, 3.63) is 35.0 Å². The van der Waals surface area contributed by atoms with Crippen molar-refractivity contribution in [2.24, 2.45) is 0 Å². The van der Waals surface area contributed by atoms with Crippen molar-refractivity contribution in [1.82, 2.24) is 19.5 Å². The van der Waals surface area contributed by atoms with Gasteiger partial charge in [0.05, 0.1) is 18.8 Å². The van der Waals surface area contributed by atoms with E-state index in [9.17, 15) is 4.79 Å². The number of carbonyl (C=O) groups excluding carboxylic acids is 1. The van der Waals surface area contributed by atoms with Gasteiger partial charge in [-0.1, -0.05) is 0 Å². The number of hydrogen-bond donors (Lipinski definition) is 1. The monoisotopic (exact) mass is 331 g/mol. The van der Waals surface area contributed by atoms with Gasteiger partial charge in [-0.25, -0.2) is 19.7 Å². The molecule has 0 saturated carbocycles. The quantitative estimate of drug-likeness (QED) is 0.723. The molecule has 0 radical (unpaired) electrons. The van der Waals surface area contributed by atoms with Crippen molar-refractivity contribution >= 4 is 33.3 Å². The van der Waals surface area contributed by atoms with E-state index in [1.807, 2.05) is 24.6 Å². The Morgan fingerprint density at radius 1 is 1.39 bits per heavy atom. The SMILES string of the molecule is COC(=O)c1sc2nc(C)nc(NCCn3ccnc3)c2c1C. The second-order valence-electron chi connectivity index (χ2n) is 5.07. The van der Waals surface area contributed by atoms with Gasteiger partial charge in [0.15, 0.2) is 0 Å². The average Bonchev–Trinajstić information content (AvgIpc) is 3.14. The standard InChI is InChI=1S/C15H17N5O2S/c1-9-11-13(17-5-7-20-6-4-16-8-20)18-10(2)19-14(11)23-12(9)15(21)22-3/h4,6,8H,5,7H2,1-3H3,(H,17,18,19). The van der Waals surface area contributed by atoms with Crippen LogP contribution in [0.15, 0.2) is 18.7 Å². The maximum absolute atomic E-state index is 11.9. The molecule has 120 valence electrons. The number of carbonyl (C=O) groups is 1. The fourth-order valence-corrected chi connectivity index (χ4v) is 3.53. The molecule has 0 aliphatic carbocycles. The van der Waals surface area contributed by atoms with Crippen molar-refractivity contribution in [3.8, 4) is 0 Å². The summed E-state index contributed by atoms with van der Waals surface area (Å²) in [5.74, 6) is 1.07. The lowest BCUT2D eigenvalue weighted by Gasteiger charge is -2.09. The minimum absolute atomic E-state index is 0.340. The molecule has 0 atom stereocenters. The summed E-state index contributed by atoms with van der Waals surface area (Å²) in [5, 5.41) is 4.21. The zero-order chi connectivity index (χ0) is 16.4. The van der Waals surface area contributed by atoms with E-state index in [1.54, 1.807) is 12.5 Å². The van der Waals surface area contributed by atoms with Crippen LogP contribution in [0, 0.1) is 13.8 Å². The third-order valence-corrected chi connectivity index (χ3v) is 4.66. The summed E-state index contributed by atoms with van der Waals surface area (Å²) in [6.45, 7) is 5.21. The van der Waals surface area contributed by atoms with Crippen LogP contribution in [-0.2, 0) is 11.3 Å². The van der Waals surface area contributed by atoms with Crippen LogP contribution in [0.25, 0.3) is 10.2 Å². The minimum atomic E-state index is -0.340. The van der Waals surface area contributed by atoms with Crippen LogP contribution >= 0.6 is 11.3 Å². The molecule has 0 amide bonds. The molecule has 0 unspecified atom stereocenters. The van der Waals surface area contributed by atoms with Crippen molar-refractivity contribution in [2.75, 3.05) is 19.0 Å². The lowest BCUT2D eigenvalue weighted by atomic mass is 10.2. The summed E-state index contributed by atoms with van der Waals surface area (Å²) in [4.78, 5) is 26.2. The molecule has 0 spiro atoms. The number of imidazole rings is 1. The molecule has 8 heteroatoms. The number of aromatic nitrogens is 4. The number of rotatable bonds is 5. The largest absolute Gasteiger partial charge is 0.465 e. The molecule has 0 fully saturated rings. The van der Waals surface area contributed by atoms with Crippen LogP contribution in [0.2, 0.25) is 0 Å². The van der Waals surface area contributed by atoms with E-state index in [-0.39, 0.29) is 5.97 Å². The first-order valence-electron chi connectivity index (χ1n) is 7.16. The van der Waals surface area contributed by atoms with Gasteiger partial charge in [-0.3, -0.25) is 0 Å². The fraction of sp³-hybridized carbons (Fsp3) is 0.333. The van der Waals surface area contributed by atoms with Crippen molar-refractivity contribution in [1.29, 1.82) is 0 Å². The highest BCUT2D eigenvalue weighted by atomic mass is 32.1. The van der Waals surface area contributed by atoms with E-state index >= 15 is 0 Å². The van der Waals surface area contributed by atoms with Gasteiger partial charge in [-0.15, -0.1) is 11.3 Å². The molecular formula is C15H17N5O2S. The first-order chi connectivity index (χ1) is 11.1. The van der Waals surface area contributed by atoms with E-state index in [2.05, 4.69) is 20.3 Å². The molecule has 23 heavy (non-hydrogen) atoms. The Morgan fingerprint density at radius 3 is 2.91 bits per heavy atom. The Bertz CT molecular complexity index is 841. The Morgan fingerprint density at radius 2 is 2.22 bits per heavy atom. The first kappa shape index (κ1) is 15.4. The summed E-state index contributed by atoms with van der Waals surface area (Å²) in [6, 6.07) is 0. The van der Waals surface area contributed by atoms with Crippen LogP contribution in [0.3, 0.4) is 0 Å². The van der Waals surface area contributed by atoms with Crippen LogP contribution in [0.1, 0.15) is 21.1 Å². The Kier molecular flexibility index (Phi) is 4.24. The predicted molar refractivity (Wildman–Crippen MR) is 88.9 cm³/mol. The summed E-state index contributed by atoms with van der Waals surface area (Å²) in [7, 11) is 1.38. The van der Waals surface area contributed by atoms with Gasteiger partial charge in [0.1, 0.15) is 21.3 Å². The van der Waals surface area contributed by atoms with Crippen LogP contribution in [0.5, 0.6) is 0 Å². The Balaban J connectivity index is 1.92. The summed E-state index contributed by atoms with van der Waals surface area (Å²) in [5.41, 5.74) is 0.849. The third-order valence-electron chi connectivity index (χ3n) is 3.49. The molecule has 7 nitrogen and oxygen atoms in total. The fourth-order valence-electron chi connectivity index (χ4n) is 2.38. The highest BCUT2D eigenvalue weighted by Gasteiger charge is 2.20. The number of hydrogen-bond acceptors (Lipinski definition) is 7. The van der Waals surface area contributed by atoms with Crippen LogP contribution < -0.4 is 5.32 Å². The van der Waals surface area contributed by atoms with Gasteiger partial charge in [-0.2, -0.15) is 0 Å². The van der Waals surface area contributed by atoms with Gasteiger partial charge in [0.25, 0.3) is 0 Å². The van der Waals surface area contributed by atoms with Gasteiger partial charge in [0.2, 0.25) is 0 Å². The van der Waals surface area contributed by atoms with E-state index in [1.165, 1.54) is 18.4 Å². The number of methoxy groups -OCH3 is 1. The maximum Gasteiger partial charge on any atom is 0.348 e. The molecule has 0 aliphatic rings. The van der Waals surface area contributed by atoms with E-state index in [0.29, 0.717) is 17.2 Å². The topological polar surface area (TPSA) is 81.9 Å². The van der Waals surface area contributed by atoms with Gasteiger partial charge >= 0.3 is 5.97 Å². The molecule has 3 aromatic heterocycles. The van der Waals surface area contributed by atoms with Crippen molar-refractivity contribution < 1.29 is 9.53 Å². The molecule has 0 bridgehead atoms. The smallest absolute Gasteiger partial charge is 0.348 e. The van der Waals surface area contributed by atoms with E-state index in [0.717, 1.165) is 28.1 Å². The lowest BCUT2D eigenvalue weighted by molar-refractivity contribution is 0.0605. The summed E-state index contributed by atoms with van der Waals surface area (Å²) >= 11 is 1.34. The molecular weight excluding hydrogens is 314 g/mol. The second-order valence-corrected chi connectivity index (χ2v) is 6.07. The number of anilines is 1. The predicted octanol–water partition coefficient (Wildman–Crippen LogP) is 2.40. The third kappa shape index (κ3) is 3.02.